The summed E-state index contributed by atoms with van der Waals surface area (Å²) in [5.41, 5.74) is 1.80. The molecule has 0 saturated carbocycles. The molecule has 0 aliphatic carbocycles. The number of ether oxygens (including phenoxy) is 1. The lowest BCUT2D eigenvalue weighted by atomic mass is 10.1. The van der Waals surface area contributed by atoms with Crippen molar-refractivity contribution in [1.82, 2.24) is 5.32 Å². The molecule has 1 aromatic carbocycles. The van der Waals surface area contributed by atoms with Gasteiger partial charge in [-0.2, -0.15) is 0 Å². The lowest BCUT2D eigenvalue weighted by Crippen LogP contribution is -2.35. The molecule has 1 aromatic rings. The second-order valence-corrected chi connectivity index (χ2v) is 5.61. The molecular weight excluding hydrogens is 229 g/mol. The van der Waals surface area contributed by atoms with Crippen molar-refractivity contribution in [3.63, 3.8) is 0 Å². The predicted octanol–water partition coefficient (Wildman–Crippen LogP) is 3.67. The van der Waals surface area contributed by atoms with Gasteiger partial charge in [-0.1, -0.05) is 12.6 Å². The first kappa shape index (κ1) is 14.7. The molecule has 0 radical (unpaired) electrons. The molecule has 3 heteroatoms. The summed E-state index contributed by atoms with van der Waals surface area (Å²) in [5.74, 6) is -0.0537. The summed E-state index contributed by atoms with van der Waals surface area (Å²) in [6.45, 7) is 12.8. The third-order valence-corrected chi connectivity index (χ3v) is 2.29. The normalized spacial score (nSPS) is 11.4. The SMILES string of the molecule is C=C(C)COc1ccc(CNC(C)(C)C)cc1F. The Bertz CT molecular complexity index is 421. The average molecular weight is 251 g/mol. The smallest absolute Gasteiger partial charge is 0.165 e. The molecule has 18 heavy (non-hydrogen) atoms. The van der Waals surface area contributed by atoms with E-state index in [2.05, 4.69) is 32.7 Å². The van der Waals surface area contributed by atoms with Crippen molar-refractivity contribution in [3.05, 3.63) is 41.7 Å². The fraction of sp³-hybridized carbons (Fsp3) is 0.467. The number of nitrogens with one attached hydrogen (secondary N) is 1. The molecule has 100 valence electrons. The van der Waals surface area contributed by atoms with Crippen LogP contribution in [0.4, 0.5) is 4.39 Å². The van der Waals surface area contributed by atoms with Crippen LogP contribution >= 0.6 is 0 Å². The fourth-order valence-electron chi connectivity index (χ4n) is 1.34. The second kappa shape index (κ2) is 6.01. The number of benzene rings is 1. The number of rotatable bonds is 5. The van der Waals surface area contributed by atoms with Crippen LogP contribution in [0.1, 0.15) is 33.3 Å². The topological polar surface area (TPSA) is 21.3 Å². The zero-order valence-corrected chi connectivity index (χ0v) is 11.6. The van der Waals surface area contributed by atoms with Crippen LogP contribution in [-0.4, -0.2) is 12.1 Å². The highest BCUT2D eigenvalue weighted by molar-refractivity contribution is 5.29. The molecule has 0 fully saturated rings. The molecule has 0 heterocycles. The van der Waals surface area contributed by atoms with Gasteiger partial charge in [-0.25, -0.2) is 4.39 Å². The highest BCUT2D eigenvalue weighted by Gasteiger charge is 2.10. The Balaban J connectivity index is 2.64. The molecule has 0 unspecified atom stereocenters. The van der Waals surface area contributed by atoms with Gasteiger partial charge in [-0.15, -0.1) is 0 Å². The lowest BCUT2D eigenvalue weighted by molar-refractivity contribution is 0.332. The molecule has 0 amide bonds. The number of hydrogen-bond donors (Lipinski definition) is 1. The van der Waals surface area contributed by atoms with Gasteiger partial charge in [-0.05, 0) is 51.0 Å². The van der Waals surface area contributed by atoms with Gasteiger partial charge in [0.1, 0.15) is 6.61 Å². The monoisotopic (exact) mass is 251 g/mol. The summed E-state index contributed by atoms with van der Waals surface area (Å²) < 4.78 is 19.0. The van der Waals surface area contributed by atoms with Crippen LogP contribution in [0.3, 0.4) is 0 Å². The molecular formula is C15H22FNO. The minimum absolute atomic E-state index is 0.0194. The first-order valence-electron chi connectivity index (χ1n) is 6.08. The van der Waals surface area contributed by atoms with E-state index in [-0.39, 0.29) is 17.1 Å². The third-order valence-electron chi connectivity index (χ3n) is 2.29. The van der Waals surface area contributed by atoms with E-state index in [9.17, 15) is 4.39 Å². The van der Waals surface area contributed by atoms with Crippen LogP contribution in [0.2, 0.25) is 0 Å². The van der Waals surface area contributed by atoms with Crippen molar-refractivity contribution in [3.8, 4) is 5.75 Å². The zero-order valence-electron chi connectivity index (χ0n) is 11.6. The van der Waals surface area contributed by atoms with Crippen LogP contribution in [0.25, 0.3) is 0 Å². The Kier molecular flexibility index (Phi) is 4.91. The highest BCUT2D eigenvalue weighted by Crippen LogP contribution is 2.19. The Morgan fingerprint density at radius 3 is 2.56 bits per heavy atom. The van der Waals surface area contributed by atoms with Gasteiger partial charge in [-0.3, -0.25) is 0 Å². The Morgan fingerprint density at radius 2 is 2.06 bits per heavy atom. The number of halogens is 1. The molecule has 0 aromatic heterocycles. The van der Waals surface area contributed by atoms with Gasteiger partial charge >= 0.3 is 0 Å². The van der Waals surface area contributed by atoms with Crippen LogP contribution in [0, 0.1) is 5.82 Å². The molecule has 0 bridgehead atoms. The maximum atomic E-state index is 13.7. The minimum atomic E-state index is -0.329. The van der Waals surface area contributed by atoms with Gasteiger partial charge in [0.05, 0.1) is 0 Å². The molecule has 2 nitrogen and oxygen atoms in total. The second-order valence-electron chi connectivity index (χ2n) is 5.61. The Morgan fingerprint density at radius 1 is 1.39 bits per heavy atom. The molecule has 0 saturated heterocycles. The van der Waals surface area contributed by atoms with Crippen molar-refractivity contribution in [2.45, 2.75) is 39.8 Å². The van der Waals surface area contributed by atoms with E-state index < -0.39 is 0 Å². The van der Waals surface area contributed by atoms with E-state index in [4.69, 9.17) is 4.74 Å². The van der Waals surface area contributed by atoms with Crippen LogP contribution in [0.5, 0.6) is 5.75 Å². The summed E-state index contributed by atoms with van der Waals surface area (Å²) in [6, 6.07) is 5.04. The first-order chi connectivity index (χ1) is 8.28. The fourth-order valence-corrected chi connectivity index (χ4v) is 1.34. The largest absolute Gasteiger partial charge is 0.486 e. The highest BCUT2D eigenvalue weighted by atomic mass is 19.1. The Hall–Kier alpha value is -1.35. The van der Waals surface area contributed by atoms with Gasteiger partial charge in [0.25, 0.3) is 0 Å². The van der Waals surface area contributed by atoms with Gasteiger partial charge in [0, 0.05) is 12.1 Å². The van der Waals surface area contributed by atoms with E-state index in [1.165, 1.54) is 6.07 Å². The average Bonchev–Trinajstić information content (AvgIpc) is 2.24. The van der Waals surface area contributed by atoms with E-state index in [1.807, 2.05) is 13.0 Å². The quantitative estimate of drug-likeness (QED) is 0.806. The van der Waals surface area contributed by atoms with Gasteiger partial charge in [0.15, 0.2) is 11.6 Å². The molecule has 0 spiro atoms. The maximum absolute atomic E-state index is 13.7. The van der Waals surface area contributed by atoms with Crippen molar-refractivity contribution in [1.29, 1.82) is 0 Å². The first-order valence-corrected chi connectivity index (χ1v) is 6.08. The Labute approximate surface area is 109 Å². The third kappa shape index (κ3) is 5.32. The zero-order chi connectivity index (χ0) is 13.8. The maximum Gasteiger partial charge on any atom is 0.165 e. The van der Waals surface area contributed by atoms with Gasteiger partial charge < -0.3 is 10.1 Å². The van der Waals surface area contributed by atoms with Crippen molar-refractivity contribution >= 4 is 0 Å². The lowest BCUT2D eigenvalue weighted by Gasteiger charge is -2.20. The van der Waals surface area contributed by atoms with E-state index in [0.29, 0.717) is 13.2 Å². The standard InChI is InChI=1S/C15H22FNO/c1-11(2)10-18-14-7-6-12(8-13(14)16)9-17-15(3,4)5/h6-8,17H,1,9-10H2,2-5H3. The van der Waals surface area contributed by atoms with Crippen LogP contribution in [-0.2, 0) is 6.54 Å². The van der Waals surface area contributed by atoms with Crippen LogP contribution < -0.4 is 10.1 Å². The summed E-state index contributed by atoms with van der Waals surface area (Å²) in [4.78, 5) is 0. The van der Waals surface area contributed by atoms with Crippen LogP contribution in [0.15, 0.2) is 30.4 Å². The minimum Gasteiger partial charge on any atom is -0.486 e. The summed E-state index contributed by atoms with van der Waals surface area (Å²) in [7, 11) is 0. The summed E-state index contributed by atoms with van der Waals surface area (Å²) >= 11 is 0. The van der Waals surface area contributed by atoms with Gasteiger partial charge in [0.2, 0.25) is 0 Å². The molecule has 0 aliphatic rings. The van der Waals surface area contributed by atoms with Crippen molar-refractivity contribution < 1.29 is 9.13 Å². The van der Waals surface area contributed by atoms with Crippen molar-refractivity contribution in [2.24, 2.45) is 0 Å². The predicted molar refractivity (Wildman–Crippen MR) is 73.3 cm³/mol. The summed E-state index contributed by atoms with van der Waals surface area (Å²) in [5, 5.41) is 3.31. The summed E-state index contributed by atoms with van der Waals surface area (Å²) in [6.07, 6.45) is 0. The van der Waals surface area contributed by atoms with Crippen molar-refractivity contribution in [2.75, 3.05) is 6.61 Å². The molecule has 1 rings (SSSR count). The van der Waals surface area contributed by atoms with E-state index in [1.54, 1.807) is 6.07 Å². The molecule has 0 atom stereocenters. The molecule has 0 aliphatic heterocycles. The van der Waals surface area contributed by atoms with E-state index in [0.717, 1.165) is 11.1 Å². The number of hydrogen-bond acceptors (Lipinski definition) is 2. The van der Waals surface area contributed by atoms with E-state index >= 15 is 0 Å². The molecule has 1 N–H and O–H groups in total.